The molecule has 0 spiro atoms. The third-order valence-electron chi connectivity index (χ3n) is 4.15. The number of nitriles is 1. The fourth-order valence-electron chi connectivity index (χ4n) is 3.06. The van der Waals surface area contributed by atoms with Gasteiger partial charge in [0.15, 0.2) is 5.69 Å². The molecule has 0 aromatic carbocycles. The maximum absolute atomic E-state index is 12.5. The largest absolute Gasteiger partial charge is 0.244 e. The summed E-state index contributed by atoms with van der Waals surface area (Å²) in [6.45, 7) is 4.25. The Labute approximate surface area is 126 Å². The van der Waals surface area contributed by atoms with E-state index >= 15 is 0 Å². The van der Waals surface area contributed by atoms with Gasteiger partial charge in [0, 0.05) is 12.2 Å². The minimum absolute atomic E-state index is 0.0272. The van der Waals surface area contributed by atoms with Crippen molar-refractivity contribution in [2.75, 3.05) is 0 Å². The van der Waals surface area contributed by atoms with Gasteiger partial charge in [0.2, 0.25) is 10.0 Å². The second kappa shape index (κ2) is 6.54. The van der Waals surface area contributed by atoms with E-state index in [0.717, 1.165) is 25.7 Å². The van der Waals surface area contributed by atoms with Gasteiger partial charge in [-0.3, -0.25) is 0 Å². The molecule has 114 valence electrons. The van der Waals surface area contributed by atoms with Crippen molar-refractivity contribution >= 4 is 10.0 Å². The molecule has 2 unspecified atom stereocenters. The van der Waals surface area contributed by atoms with E-state index in [9.17, 15) is 8.42 Å². The van der Waals surface area contributed by atoms with Gasteiger partial charge in [-0.2, -0.15) is 5.26 Å². The van der Waals surface area contributed by atoms with Gasteiger partial charge < -0.3 is 0 Å². The fraction of sp³-hybridized carbons (Fsp3) is 0.600. The van der Waals surface area contributed by atoms with Crippen molar-refractivity contribution in [2.45, 2.75) is 50.5 Å². The van der Waals surface area contributed by atoms with Gasteiger partial charge in [-0.25, -0.2) is 18.1 Å². The van der Waals surface area contributed by atoms with Crippen molar-refractivity contribution in [2.24, 2.45) is 11.8 Å². The first-order valence-corrected chi connectivity index (χ1v) is 8.81. The van der Waals surface area contributed by atoms with E-state index in [1.54, 1.807) is 0 Å². The number of rotatable bonds is 4. The Morgan fingerprint density at radius 2 is 2.10 bits per heavy atom. The fourth-order valence-corrected chi connectivity index (χ4v) is 4.49. The lowest BCUT2D eigenvalue weighted by Crippen LogP contribution is -2.44. The zero-order valence-electron chi connectivity index (χ0n) is 12.4. The summed E-state index contributed by atoms with van der Waals surface area (Å²) < 4.78 is 27.9. The second-order valence-corrected chi connectivity index (χ2v) is 7.56. The molecule has 6 heteroatoms. The van der Waals surface area contributed by atoms with E-state index in [1.165, 1.54) is 18.3 Å². The first-order chi connectivity index (χ1) is 9.95. The van der Waals surface area contributed by atoms with Crippen molar-refractivity contribution < 1.29 is 8.42 Å². The molecule has 1 saturated carbocycles. The maximum Gasteiger partial charge on any atom is 0.243 e. The number of sulfonamides is 1. The highest BCUT2D eigenvalue weighted by Gasteiger charge is 2.32. The number of nitrogens with one attached hydrogen (secondary N) is 1. The number of pyridine rings is 1. The average Bonchev–Trinajstić information content (AvgIpc) is 2.47. The number of nitrogens with zero attached hydrogens (tertiary/aromatic N) is 2. The highest BCUT2D eigenvalue weighted by molar-refractivity contribution is 7.89. The summed E-state index contributed by atoms with van der Waals surface area (Å²) in [4.78, 5) is 3.80. The van der Waals surface area contributed by atoms with Gasteiger partial charge in [-0.1, -0.05) is 26.7 Å². The molecule has 1 aromatic heterocycles. The Balaban J connectivity index is 2.26. The zero-order valence-corrected chi connectivity index (χ0v) is 13.2. The molecule has 1 N–H and O–H groups in total. The molecule has 5 nitrogen and oxygen atoms in total. The van der Waals surface area contributed by atoms with Crippen LogP contribution >= 0.6 is 0 Å². The molecule has 1 aliphatic carbocycles. The Bertz CT molecular complexity index is 635. The highest BCUT2D eigenvalue weighted by Crippen LogP contribution is 2.31. The molecule has 0 radical (unpaired) electrons. The lowest BCUT2D eigenvalue weighted by Gasteiger charge is -2.34. The van der Waals surface area contributed by atoms with Gasteiger partial charge in [0.1, 0.15) is 11.0 Å². The first kappa shape index (κ1) is 15.9. The molecule has 1 aromatic rings. The van der Waals surface area contributed by atoms with Crippen molar-refractivity contribution in [3.05, 3.63) is 24.0 Å². The van der Waals surface area contributed by atoms with Crippen molar-refractivity contribution in [3.63, 3.8) is 0 Å². The molecule has 2 rings (SSSR count). The second-order valence-electron chi connectivity index (χ2n) is 5.88. The van der Waals surface area contributed by atoms with Crippen LogP contribution in [0.15, 0.2) is 23.2 Å². The van der Waals surface area contributed by atoms with Gasteiger partial charge in [0.25, 0.3) is 0 Å². The van der Waals surface area contributed by atoms with E-state index < -0.39 is 10.0 Å². The van der Waals surface area contributed by atoms with Crippen LogP contribution in [0.4, 0.5) is 0 Å². The molecule has 1 heterocycles. The van der Waals surface area contributed by atoms with Crippen LogP contribution in [0.1, 0.15) is 45.2 Å². The Morgan fingerprint density at radius 3 is 2.76 bits per heavy atom. The molecule has 0 bridgehead atoms. The quantitative estimate of drug-likeness (QED) is 0.926. The van der Waals surface area contributed by atoms with E-state index in [2.05, 4.69) is 23.6 Å². The molecule has 21 heavy (non-hydrogen) atoms. The molecular formula is C15H21N3O2S. The number of hydrogen-bond donors (Lipinski definition) is 1. The summed E-state index contributed by atoms with van der Waals surface area (Å²) in [5, 5.41) is 9.02. The molecule has 2 atom stereocenters. The third-order valence-corrected chi connectivity index (χ3v) is 5.67. The zero-order chi connectivity index (χ0) is 15.5. The van der Waals surface area contributed by atoms with Gasteiger partial charge in [-0.05, 0) is 36.8 Å². The normalized spacial score (nSPS) is 23.0. The Morgan fingerprint density at radius 1 is 1.38 bits per heavy atom. The highest BCUT2D eigenvalue weighted by atomic mass is 32.2. The van der Waals surface area contributed by atoms with E-state index in [4.69, 9.17) is 5.26 Å². The van der Waals surface area contributed by atoms with Crippen molar-refractivity contribution in [3.8, 4) is 6.07 Å². The van der Waals surface area contributed by atoms with E-state index in [0.29, 0.717) is 11.8 Å². The molecule has 0 aliphatic heterocycles. The van der Waals surface area contributed by atoms with Gasteiger partial charge in [-0.15, -0.1) is 0 Å². The van der Waals surface area contributed by atoms with Crippen LogP contribution in [-0.2, 0) is 10.0 Å². The standard InChI is InChI=1S/C15H21N3O2S/c1-11(2)12-6-3-4-7-13(12)18-21(19,20)15-8-5-9-17-14(15)10-16/h5,8-9,11-13,18H,3-4,6-7H2,1-2H3. The molecular weight excluding hydrogens is 286 g/mol. The van der Waals surface area contributed by atoms with Crippen LogP contribution in [0.3, 0.4) is 0 Å². The summed E-state index contributed by atoms with van der Waals surface area (Å²) in [5.74, 6) is 0.776. The van der Waals surface area contributed by atoms with Gasteiger partial charge in [0.05, 0.1) is 0 Å². The Kier molecular flexibility index (Phi) is 4.96. The minimum atomic E-state index is -3.70. The summed E-state index contributed by atoms with van der Waals surface area (Å²) in [5.41, 5.74) is -0.0538. The topological polar surface area (TPSA) is 82.8 Å². The predicted octanol–water partition coefficient (Wildman–Crippen LogP) is 2.45. The molecule has 1 fully saturated rings. The Hall–Kier alpha value is -1.45. The van der Waals surface area contributed by atoms with E-state index in [1.807, 2.05) is 6.07 Å². The van der Waals surface area contributed by atoms with Crippen LogP contribution < -0.4 is 4.72 Å². The number of aromatic nitrogens is 1. The monoisotopic (exact) mass is 307 g/mol. The SMILES string of the molecule is CC(C)C1CCCCC1NS(=O)(=O)c1cccnc1C#N. The molecule has 0 saturated heterocycles. The third kappa shape index (κ3) is 3.60. The van der Waals surface area contributed by atoms with Crippen LogP contribution in [0.5, 0.6) is 0 Å². The summed E-state index contributed by atoms with van der Waals surface area (Å²) in [6.07, 6.45) is 5.51. The summed E-state index contributed by atoms with van der Waals surface area (Å²) in [6, 6.07) is 4.75. The maximum atomic E-state index is 12.5. The van der Waals surface area contributed by atoms with Crippen molar-refractivity contribution in [1.29, 1.82) is 5.26 Å². The summed E-state index contributed by atoms with van der Waals surface area (Å²) >= 11 is 0. The first-order valence-electron chi connectivity index (χ1n) is 7.33. The lowest BCUT2D eigenvalue weighted by atomic mass is 9.78. The molecule has 1 aliphatic rings. The lowest BCUT2D eigenvalue weighted by molar-refractivity contribution is 0.226. The minimum Gasteiger partial charge on any atom is -0.244 e. The summed E-state index contributed by atoms with van der Waals surface area (Å²) in [7, 11) is -3.70. The van der Waals surface area contributed by atoms with Crippen LogP contribution in [-0.4, -0.2) is 19.4 Å². The molecule has 0 amide bonds. The van der Waals surface area contributed by atoms with Crippen LogP contribution in [0, 0.1) is 23.2 Å². The average molecular weight is 307 g/mol. The van der Waals surface area contributed by atoms with Crippen LogP contribution in [0.25, 0.3) is 0 Å². The number of hydrogen-bond acceptors (Lipinski definition) is 4. The smallest absolute Gasteiger partial charge is 0.243 e. The van der Waals surface area contributed by atoms with E-state index in [-0.39, 0.29) is 16.6 Å². The van der Waals surface area contributed by atoms with Crippen molar-refractivity contribution in [1.82, 2.24) is 9.71 Å². The van der Waals surface area contributed by atoms with Crippen LogP contribution in [0.2, 0.25) is 0 Å². The van der Waals surface area contributed by atoms with Gasteiger partial charge >= 0.3 is 0 Å². The predicted molar refractivity (Wildman–Crippen MR) is 79.9 cm³/mol.